The lowest BCUT2D eigenvalue weighted by molar-refractivity contribution is -0.140. The maximum Gasteiger partial charge on any atom is 0.338 e. The van der Waals surface area contributed by atoms with Crippen molar-refractivity contribution < 1.29 is 18.8 Å². The molecule has 2 aliphatic rings. The fourth-order valence-corrected chi connectivity index (χ4v) is 5.23. The number of carbonyl (C=O) groups is 1. The van der Waals surface area contributed by atoms with Gasteiger partial charge in [-0.15, -0.1) is 0 Å². The van der Waals surface area contributed by atoms with Gasteiger partial charge < -0.3 is 9.16 Å². The number of hydrogen-bond donors (Lipinski definition) is 0. The van der Waals surface area contributed by atoms with Crippen LogP contribution in [0.1, 0.15) is 50.4 Å². The molecule has 1 aromatic carbocycles. The Morgan fingerprint density at radius 2 is 1.96 bits per heavy atom. The summed E-state index contributed by atoms with van der Waals surface area (Å²) < 4.78 is 12.2. The quantitative estimate of drug-likeness (QED) is 0.375. The molecule has 6 heteroatoms. The topological polar surface area (TPSA) is 48.0 Å². The zero-order valence-corrected chi connectivity index (χ0v) is 18.9. The average Bonchev–Trinajstić information content (AvgIpc) is 2.93. The predicted molar refractivity (Wildman–Crippen MR) is 113 cm³/mol. The van der Waals surface area contributed by atoms with E-state index in [4.69, 9.17) is 14.0 Å². The van der Waals surface area contributed by atoms with Crippen molar-refractivity contribution in [3.8, 4) is 0 Å². The third-order valence-corrected chi connectivity index (χ3v) is 11.1. The van der Waals surface area contributed by atoms with Crippen molar-refractivity contribution in [1.82, 2.24) is 5.06 Å². The van der Waals surface area contributed by atoms with E-state index in [1.54, 1.807) is 12.1 Å². The molecule has 4 unspecified atom stereocenters. The summed E-state index contributed by atoms with van der Waals surface area (Å²) in [7, 11) is -1.80. The fourth-order valence-electron chi connectivity index (χ4n) is 3.83. The number of piperidine rings is 1. The first-order valence-electron chi connectivity index (χ1n) is 10.5. The molecule has 2 heterocycles. The molecule has 0 N–H and O–H groups in total. The van der Waals surface area contributed by atoms with Crippen molar-refractivity contribution in [3.63, 3.8) is 0 Å². The molecule has 2 bridgehead atoms. The predicted octanol–water partition coefficient (Wildman–Crippen LogP) is 4.65. The summed E-state index contributed by atoms with van der Waals surface area (Å²) in [5.74, 6) is 0.163. The third-order valence-electron chi connectivity index (χ3n) is 6.55. The zero-order chi connectivity index (χ0) is 20.4. The fraction of sp³-hybridized carbons (Fsp3) is 0.682. The number of nitrogens with zero attached hydrogens (tertiary/aromatic N) is 1. The first kappa shape index (κ1) is 21.5. The smallest absolute Gasteiger partial charge is 0.338 e. The Hall–Kier alpha value is -1.21. The Kier molecular flexibility index (Phi) is 6.64. The molecule has 2 fully saturated rings. The van der Waals surface area contributed by atoms with E-state index in [0.717, 1.165) is 32.4 Å². The van der Waals surface area contributed by atoms with Gasteiger partial charge in [-0.05, 0) is 49.5 Å². The monoisotopic (exact) mass is 405 g/mol. The number of carbonyl (C=O) groups excluding carboxylic acids is 1. The van der Waals surface area contributed by atoms with Crippen LogP contribution in [0, 0.1) is 5.92 Å². The van der Waals surface area contributed by atoms with Gasteiger partial charge in [0.05, 0.1) is 24.9 Å². The van der Waals surface area contributed by atoms with Crippen LogP contribution in [0.4, 0.5) is 0 Å². The van der Waals surface area contributed by atoms with Crippen molar-refractivity contribution in [2.75, 3.05) is 19.8 Å². The summed E-state index contributed by atoms with van der Waals surface area (Å²) in [5.41, 5.74) is 0.607. The summed E-state index contributed by atoms with van der Waals surface area (Å²) in [5, 5.41) is 2.35. The van der Waals surface area contributed by atoms with E-state index in [1.165, 1.54) is 0 Å². The van der Waals surface area contributed by atoms with Crippen LogP contribution in [0.3, 0.4) is 0 Å². The molecule has 0 aliphatic carbocycles. The largest absolute Gasteiger partial charge is 0.462 e. The molecule has 0 radical (unpaired) electrons. The summed E-state index contributed by atoms with van der Waals surface area (Å²) in [4.78, 5) is 18.0. The van der Waals surface area contributed by atoms with Gasteiger partial charge in [-0.2, -0.15) is 5.06 Å². The number of esters is 1. The second kappa shape index (κ2) is 8.65. The van der Waals surface area contributed by atoms with Crippen LogP contribution in [-0.2, 0) is 14.0 Å². The van der Waals surface area contributed by atoms with Gasteiger partial charge in [0.2, 0.25) is 0 Å². The van der Waals surface area contributed by atoms with E-state index < -0.39 is 8.32 Å². The van der Waals surface area contributed by atoms with Crippen LogP contribution >= 0.6 is 0 Å². The molecule has 2 aliphatic heterocycles. The maximum absolute atomic E-state index is 12.1. The van der Waals surface area contributed by atoms with E-state index in [2.05, 4.69) is 38.9 Å². The van der Waals surface area contributed by atoms with Crippen LogP contribution in [0.5, 0.6) is 0 Å². The highest BCUT2D eigenvalue weighted by atomic mass is 28.4. The van der Waals surface area contributed by atoms with Crippen molar-refractivity contribution >= 4 is 14.3 Å². The molecular formula is C22H35NO4Si. The highest BCUT2D eigenvalue weighted by molar-refractivity contribution is 6.74. The first-order valence-corrected chi connectivity index (χ1v) is 13.4. The Bertz CT molecular complexity index is 658. The second-order valence-corrected chi connectivity index (χ2v) is 14.3. The molecule has 0 amide bonds. The van der Waals surface area contributed by atoms with E-state index in [0.29, 0.717) is 24.1 Å². The van der Waals surface area contributed by atoms with Gasteiger partial charge in [0.1, 0.15) is 0 Å². The maximum atomic E-state index is 12.1. The van der Waals surface area contributed by atoms with Gasteiger partial charge in [-0.1, -0.05) is 39.0 Å². The first-order chi connectivity index (χ1) is 13.2. The van der Waals surface area contributed by atoms with Gasteiger partial charge in [0.25, 0.3) is 0 Å². The van der Waals surface area contributed by atoms with Crippen LogP contribution in [0.15, 0.2) is 30.3 Å². The van der Waals surface area contributed by atoms with Crippen molar-refractivity contribution in [2.24, 2.45) is 5.92 Å². The SMILES string of the molecule is CC(C)(C)[Si](C)(C)OC1CCN2OCC1C2CCCOC(=O)c1ccccc1. The Morgan fingerprint density at radius 1 is 1.25 bits per heavy atom. The van der Waals surface area contributed by atoms with Gasteiger partial charge in [-0.25, -0.2) is 4.79 Å². The van der Waals surface area contributed by atoms with Gasteiger partial charge in [0.15, 0.2) is 8.32 Å². The normalized spacial score (nSPS) is 27.6. The van der Waals surface area contributed by atoms with E-state index >= 15 is 0 Å². The van der Waals surface area contributed by atoms with Crippen LogP contribution in [0.2, 0.25) is 18.1 Å². The minimum atomic E-state index is -1.80. The standard InChI is InChI=1S/C22H35NO4Si/c1-22(2,3)28(4,5)27-20-13-14-23-19(18(20)16-26-23)12-9-15-25-21(24)17-10-7-6-8-11-17/h6-8,10-11,18-20H,9,12-16H2,1-5H3. The molecule has 3 rings (SSSR count). The lowest BCUT2D eigenvalue weighted by Gasteiger charge is -2.44. The average molecular weight is 406 g/mol. The number of benzene rings is 1. The Balaban J connectivity index is 1.50. The molecular weight excluding hydrogens is 370 g/mol. The lowest BCUT2D eigenvalue weighted by atomic mass is 9.87. The molecule has 5 nitrogen and oxygen atoms in total. The second-order valence-electron chi connectivity index (χ2n) is 9.52. The van der Waals surface area contributed by atoms with Gasteiger partial charge >= 0.3 is 5.97 Å². The van der Waals surface area contributed by atoms with Gasteiger partial charge in [-0.3, -0.25) is 4.84 Å². The van der Waals surface area contributed by atoms with Gasteiger partial charge in [0, 0.05) is 18.5 Å². The number of ether oxygens (including phenoxy) is 1. The molecule has 0 spiro atoms. The Morgan fingerprint density at radius 3 is 2.64 bits per heavy atom. The summed E-state index contributed by atoms with van der Waals surface area (Å²) in [6.07, 6.45) is 3.12. The molecule has 2 saturated heterocycles. The summed E-state index contributed by atoms with van der Waals surface area (Å²) in [6.45, 7) is 13.6. The van der Waals surface area contributed by atoms with Crippen LogP contribution in [-0.4, -0.2) is 51.3 Å². The van der Waals surface area contributed by atoms with Crippen LogP contribution < -0.4 is 0 Å². The number of hydroxylamine groups is 2. The lowest BCUT2D eigenvalue weighted by Crippen LogP contribution is -2.51. The van der Waals surface area contributed by atoms with Crippen molar-refractivity contribution in [3.05, 3.63) is 35.9 Å². The van der Waals surface area contributed by atoms with E-state index in [9.17, 15) is 4.79 Å². The molecule has 1 aromatic rings. The highest BCUT2D eigenvalue weighted by Gasteiger charge is 2.48. The number of hydrogen-bond acceptors (Lipinski definition) is 5. The summed E-state index contributed by atoms with van der Waals surface area (Å²) in [6, 6.07) is 9.52. The minimum absolute atomic E-state index is 0.213. The molecule has 28 heavy (non-hydrogen) atoms. The summed E-state index contributed by atoms with van der Waals surface area (Å²) >= 11 is 0. The molecule has 0 saturated carbocycles. The van der Waals surface area contributed by atoms with Crippen LogP contribution in [0.25, 0.3) is 0 Å². The molecule has 4 atom stereocenters. The number of fused-ring (bicyclic) bond motifs is 2. The number of rotatable bonds is 7. The third kappa shape index (κ3) is 4.85. The van der Waals surface area contributed by atoms with E-state index in [-0.39, 0.29) is 17.1 Å². The zero-order valence-electron chi connectivity index (χ0n) is 17.9. The molecule has 156 valence electrons. The van der Waals surface area contributed by atoms with Crippen molar-refractivity contribution in [1.29, 1.82) is 0 Å². The highest BCUT2D eigenvalue weighted by Crippen LogP contribution is 2.42. The van der Waals surface area contributed by atoms with Crippen molar-refractivity contribution in [2.45, 2.75) is 70.3 Å². The Labute approximate surface area is 170 Å². The minimum Gasteiger partial charge on any atom is -0.462 e. The van der Waals surface area contributed by atoms with E-state index in [1.807, 2.05) is 18.2 Å². The molecule has 0 aromatic heterocycles.